The van der Waals surface area contributed by atoms with Crippen LogP contribution in [-0.4, -0.2) is 43.8 Å². The van der Waals surface area contributed by atoms with Gasteiger partial charge in [0, 0.05) is 29.1 Å². The van der Waals surface area contributed by atoms with Crippen LogP contribution in [0.1, 0.15) is 41.7 Å². The third kappa shape index (κ3) is 8.69. The van der Waals surface area contributed by atoms with Gasteiger partial charge >= 0.3 is 0 Å². The number of nitrogens with zero attached hydrogens (tertiary/aromatic N) is 2. The van der Waals surface area contributed by atoms with Gasteiger partial charge in [0.15, 0.2) is 0 Å². The summed E-state index contributed by atoms with van der Waals surface area (Å²) in [5.41, 5.74) is 4.20. The number of carbonyl (C=O) groups is 2. The van der Waals surface area contributed by atoms with Crippen molar-refractivity contribution in [3.8, 4) is 0 Å². The first-order valence-corrected chi connectivity index (χ1v) is 17.2. The Hall–Kier alpha value is -3.85. The summed E-state index contributed by atoms with van der Waals surface area (Å²) in [7, 11) is -4.21. The lowest BCUT2D eigenvalue weighted by atomic mass is 10.0. The number of aryl methyl sites for hydroxylation is 3. The zero-order chi connectivity index (χ0) is 33.6. The second-order valence-corrected chi connectivity index (χ2v) is 14.4. The Morgan fingerprint density at radius 3 is 2.11 bits per heavy atom. The van der Waals surface area contributed by atoms with E-state index in [9.17, 15) is 18.0 Å². The summed E-state index contributed by atoms with van der Waals surface area (Å²) in [5.74, 6) is -0.931. The number of benzene rings is 4. The lowest BCUT2D eigenvalue weighted by Crippen LogP contribution is -2.54. The van der Waals surface area contributed by atoms with Gasteiger partial charge in [-0.2, -0.15) is 0 Å². The molecule has 0 bridgehead atoms. The molecular weight excluding hydrogens is 641 g/mol. The lowest BCUT2D eigenvalue weighted by molar-refractivity contribution is -0.140. The van der Waals surface area contributed by atoms with Crippen molar-refractivity contribution in [1.29, 1.82) is 0 Å². The van der Waals surface area contributed by atoms with Crippen molar-refractivity contribution < 1.29 is 18.0 Å². The number of carbonyl (C=O) groups excluding carboxylic acids is 2. The minimum absolute atomic E-state index is 0.0525. The predicted molar refractivity (Wildman–Crippen MR) is 186 cm³/mol. The second-order valence-electron chi connectivity index (χ2n) is 11.7. The Morgan fingerprint density at radius 2 is 1.48 bits per heavy atom. The van der Waals surface area contributed by atoms with Gasteiger partial charge in [0.2, 0.25) is 11.8 Å². The van der Waals surface area contributed by atoms with Crippen LogP contribution in [0.4, 0.5) is 5.69 Å². The number of nitrogens with one attached hydrogen (secondary N) is 1. The monoisotopic (exact) mass is 679 g/mol. The predicted octanol–water partition coefficient (Wildman–Crippen LogP) is 7.28. The van der Waals surface area contributed by atoms with Crippen molar-refractivity contribution in [3.05, 3.63) is 129 Å². The Kier molecular flexibility index (Phi) is 11.5. The smallest absolute Gasteiger partial charge is 0.264 e. The first-order chi connectivity index (χ1) is 21.8. The molecular formula is C36H39Cl2N3O4S. The molecule has 1 atom stereocenters. The molecule has 4 rings (SSSR count). The Morgan fingerprint density at radius 1 is 0.826 bits per heavy atom. The van der Waals surface area contributed by atoms with Crippen LogP contribution in [0, 0.1) is 20.8 Å². The number of halogens is 2. The van der Waals surface area contributed by atoms with Crippen LogP contribution >= 0.6 is 23.2 Å². The van der Waals surface area contributed by atoms with Gasteiger partial charge in [0.1, 0.15) is 12.6 Å². The summed E-state index contributed by atoms with van der Waals surface area (Å²) in [4.78, 5) is 30.0. The van der Waals surface area contributed by atoms with Gasteiger partial charge in [0.05, 0.1) is 10.6 Å². The van der Waals surface area contributed by atoms with Crippen molar-refractivity contribution in [2.24, 2.45) is 0 Å². The average molecular weight is 681 g/mol. The number of sulfonamides is 1. The fourth-order valence-electron chi connectivity index (χ4n) is 5.11. The Bertz CT molecular complexity index is 1800. The summed E-state index contributed by atoms with van der Waals surface area (Å²) in [6.45, 7) is 8.62. The fourth-order valence-corrected chi connectivity index (χ4v) is 7.05. The average Bonchev–Trinajstić information content (AvgIpc) is 3.00. The molecule has 7 nitrogen and oxygen atoms in total. The van der Waals surface area contributed by atoms with Crippen molar-refractivity contribution in [2.45, 2.75) is 64.6 Å². The van der Waals surface area contributed by atoms with E-state index >= 15 is 0 Å². The van der Waals surface area contributed by atoms with Gasteiger partial charge in [-0.15, -0.1) is 0 Å². The fraction of sp³-hybridized carbons (Fsp3) is 0.278. The normalized spacial score (nSPS) is 12.1. The first-order valence-electron chi connectivity index (χ1n) is 15.0. The molecule has 0 saturated carbocycles. The lowest BCUT2D eigenvalue weighted by Gasteiger charge is -2.34. The van der Waals surface area contributed by atoms with Crippen LogP contribution in [-0.2, 0) is 32.6 Å². The maximum absolute atomic E-state index is 14.6. The molecule has 0 aliphatic carbocycles. The number of amides is 2. The van der Waals surface area contributed by atoms with E-state index in [1.54, 1.807) is 43.3 Å². The molecule has 0 fully saturated rings. The van der Waals surface area contributed by atoms with Crippen molar-refractivity contribution in [1.82, 2.24) is 10.2 Å². The number of hydrogen-bond donors (Lipinski definition) is 1. The molecule has 0 unspecified atom stereocenters. The summed E-state index contributed by atoms with van der Waals surface area (Å²) in [6, 6.07) is 25.1. The third-order valence-corrected chi connectivity index (χ3v) is 9.94. The molecule has 10 heteroatoms. The summed E-state index contributed by atoms with van der Waals surface area (Å²) >= 11 is 12.8. The van der Waals surface area contributed by atoms with E-state index in [1.807, 2.05) is 70.2 Å². The molecule has 46 heavy (non-hydrogen) atoms. The van der Waals surface area contributed by atoms with Crippen LogP contribution in [0.3, 0.4) is 0 Å². The number of anilines is 1. The maximum atomic E-state index is 14.6. The van der Waals surface area contributed by atoms with E-state index in [1.165, 1.54) is 17.0 Å². The van der Waals surface area contributed by atoms with Crippen LogP contribution in [0.25, 0.3) is 0 Å². The standard InChI is InChI=1S/C36H39Cl2N3O4S/c1-24(2)39-36(43)34(20-28-9-7-6-8-10-28)40(22-29-15-16-30(37)21-32(29)38)35(42)23-41(33-19-26(4)11-14-27(33)5)46(44,45)31-17-12-25(3)13-18-31/h6-19,21,24,34H,20,22-23H2,1-5H3,(H,39,43)/t34-/m0/s1. The molecule has 0 spiro atoms. The highest BCUT2D eigenvalue weighted by Crippen LogP contribution is 2.30. The molecule has 4 aromatic rings. The van der Waals surface area contributed by atoms with Gasteiger partial charge in [-0.3, -0.25) is 13.9 Å². The van der Waals surface area contributed by atoms with Crippen molar-refractivity contribution in [2.75, 3.05) is 10.8 Å². The molecule has 2 amide bonds. The summed E-state index contributed by atoms with van der Waals surface area (Å²) < 4.78 is 29.7. The maximum Gasteiger partial charge on any atom is 0.264 e. The molecule has 0 saturated heterocycles. The summed E-state index contributed by atoms with van der Waals surface area (Å²) in [5, 5.41) is 3.70. The van der Waals surface area contributed by atoms with Gasteiger partial charge in [0.25, 0.3) is 10.0 Å². The summed E-state index contributed by atoms with van der Waals surface area (Å²) in [6.07, 6.45) is 0.199. The van der Waals surface area contributed by atoms with Crippen LogP contribution < -0.4 is 9.62 Å². The molecule has 1 N–H and O–H groups in total. The zero-order valence-corrected chi connectivity index (χ0v) is 29.0. The topological polar surface area (TPSA) is 86.8 Å². The van der Waals surface area contributed by atoms with E-state index in [0.29, 0.717) is 26.9 Å². The van der Waals surface area contributed by atoms with E-state index in [0.717, 1.165) is 21.0 Å². The highest BCUT2D eigenvalue weighted by atomic mass is 35.5. The molecule has 4 aromatic carbocycles. The quantitative estimate of drug-likeness (QED) is 0.171. The number of rotatable bonds is 12. The van der Waals surface area contributed by atoms with E-state index < -0.39 is 28.5 Å². The molecule has 0 aliphatic heterocycles. The number of hydrogen-bond acceptors (Lipinski definition) is 4. The highest BCUT2D eigenvalue weighted by Gasteiger charge is 2.35. The van der Waals surface area contributed by atoms with E-state index in [2.05, 4.69) is 5.32 Å². The zero-order valence-electron chi connectivity index (χ0n) is 26.6. The van der Waals surface area contributed by atoms with Crippen LogP contribution in [0.2, 0.25) is 10.0 Å². The van der Waals surface area contributed by atoms with Gasteiger partial charge < -0.3 is 10.2 Å². The second kappa shape index (κ2) is 15.2. The van der Waals surface area contributed by atoms with E-state index in [4.69, 9.17) is 23.2 Å². The highest BCUT2D eigenvalue weighted by molar-refractivity contribution is 7.92. The Labute approximate surface area is 282 Å². The molecule has 0 aliphatic rings. The largest absolute Gasteiger partial charge is 0.352 e. The van der Waals surface area contributed by atoms with Gasteiger partial charge in [-0.1, -0.05) is 89.4 Å². The van der Waals surface area contributed by atoms with Crippen LogP contribution in [0.5, 0.6) is 0 Å². The Balaban J connectivity index is 1.86. The third-order valence-electron chi connectivity index (χ3n) is 7.58. The molecule has 0 heterocycles. The molecule has 0 radical (unpaired) electrons. The molecule has 242 valence electrons. The first kappa shape index (κ1) is 35.0. The van der Waals surface area contributed by atoms with Crippen molar-refractivity contribution in [3.63, 3.8) is 0 Å². The van der Waals surface area contributed by atoms with E-state index in [-0.39, 0.29) is 29.8 Å². The molecule has 0 aromatic heterocycles. The minimum atomic E-state index is -4.21. The van der Waals surface area contributed by atoms with Crippen LogP contribution in [0.15, 0.2) is 95.9 Å². The van der Waals surface area contributed by atoms with Crippen molar-refractivity contribution >= 4 is 50.7 Å². The SMILES string of the molecule is Cc1ccc(S(=O)(=O)N(CC(=O)N(Cc2ccc(Cl)cc2Cl)[C@@H](Cc2ccccc2)C(=O)NC(C)C)c2cc(C)ccc2C)cc1. The van der Waals surface area contributed by atoms with Gasteiger partial charge in [-0.05, 0) is 87.2 Å². The van der Waals surface area contributed by atoms with Gasteiger partial charge in [-0.25, -0.2) is 8.42 Å². The minimum Gasteiger partial charge on any atom is -0.352 e.